The van der Waals surface area contributed by atoms with Crippen LogP contribution in [-0.4, -0.2) is 19.7 Å². The average Bonchev–Trinajstić information content (AvgIpc) is 2.84. The van der Waals surface area contributed by atoms with Gasteiger partial charge in [0.15, 0.2) is 11.5 Å². The van der Waals surface area contributed by atoms with Crippen LogP contribution in [0.2, 0.25) is 5.02 Å². The van der Waals surface area contributed by atoms with Gasteiger partial charge in [0.2, 0.25) is 0 Å². The van der Waals surface area contributed by atoms with Crippen LogP contribution < -0.4 is 11.3 Å². The monoisotopic (exact) mass is 274 g/mol. The summed E-state index contributed by atoms with van der Waals surface area (Å²) >= 11 is 6.14. The molecule has 0 fully saturated rings. The Labute approximate surface area is 114 Å². The van der Waals surface area contributed by atoms with Crippen molar-refractivity contribution in [3.8, 4) is 0 Å². The third-order valence-corrected chi connectivity index (χ3v) is 3.22. The zero-order chi connectivity index (χ0) is 13.2. The number of nitrogen functional groups attached to an aromatic ring is 1. The highest BCUT2D eigenvalue weighted by Gasteiger charge is 2.10. The maximum absolute atomic E-state index is 6.14. The molecule has 0 aliphatic rings. The number of nitrogens with two attached hydrogens (primary N) is 1. The molecule has 3 rings (SSSR count). The number of nitrogens with zero attached hydrogens (tertiary/aromatic N) is 4. The predicted molar refractivity (Wildman–Crippen MR) is 73.7 cm³/mol. The quantitative estimate of drug-likeness (QED) is 0.562. The van der Waals surface area contributed by atoms with Crippen LogP contribution in [0.3, 0.4) is 0 Å². The lowest BCUT2D eigenvalue weighted by molar-refractivity contribution is 0.704. The van der Waals surface area contributed by atoms with Crippen LogP contribution in [0.4, 0.5) is 5.82 Å². The van der Waals surface area contributed by atoms with Crippen LogP contribution in [0, 0.1) is 0 Å². The highest BCUT2D eigenvalue weighted by molar-refractivity contribution is 6.31. The summed E-state index contributed by atoms with van der Waals surface area (Å²) in [6.07, 6.45) is 3.13. The van der Waals surface area contributed by atoms with Crippen molar-refractivity contribution in [3.05, 3.63) is 47.4 Å². The Morgan fingerprint density at radius 1 is 1.26 bits per heavy atom. The van der Waals surface area contributed by atoms with E-state index in [4.69, 9.17) is 17.4 Å². The molecule has 0 saturated heterocycles. The van der Waals surface area contributed by atoms with Gasteiger partial charge < -0.3 is 5.43 Å². The Bertz CT molecular complexity index is 723. The molecular weight excluding hydrogens is 264 g/mol. The summed E-state index contributed by atoms with van der Waals surface area (Å²) in [6, 6.07) is 7.64. The lowest BCUT2D eigenvalue weighted by Crippen LogP contribution is -2.09. The maximum Gasteiger partial charge on any atom is 0.163 e. The second-order valence-corrected chi connectivity index (χ2v) is 4.40. The number of halogens is 1. The van der Waals surface area contributed by atoms with Gasteiger partial charge in [0.25, 0.3) is 0 Å². The summed E-state index contributed by atoms with van der Waals surface area (Å²) < 4.78 is 1.76. The van der Waals surface area contributed by atoms with Crippen molar-refractivity contribution >= 4 is 28.5 Å². The van der Waals surface area contributed by atoms with Gasteiger partial charge in [-0.25, -0.2) is 20.5 Å². The Kier molecular flexibility index (Phi) is 3.02. The fourth-order valence-electron chi connectivity index (χ4n) is 1.91. The number of hydrogen-bond acceptors (Lipinski definition) is 5. The van der Waals surface area contributed by atoms with E-state index in [-0.39, 0.29) is 0 Å². The molecule has 7 heteroatoms. The molecule has 0 radical (unpaired) electrons. The predicted octanol–water partition coefficient (Wildman–Crippen LogP) is 1.81. The summed E-state index contributed by atoms with van der Waals surface area (Å²) in [4.78, 5) is 8.26. The minimum Gasteiger partial charge on any atom is -0.308 e. The number of nitrogens with one attached hydrogen (secondary N) is 1. The van der Waals surface area contributed by atoms with Gasteiger partial charge >= 0.3 is 0 Å². The molecule has 0 aliphatic carbocycles. The van der Waals surface area contributed by atoms with Crippen molar-refractivity contribution in [1.29, 1.82) is 0 Å². The van der Waals surface area contributed by atoms with E-state index in [1.165, 1.54) is 6.33 Å². The van der Waals surface area contributed by atoms with Crippen LogP contribution in [0.15, 0.2) is 36.8 Å². The minimum absolute atomic E-state index is 0.546. The summed E-state index contributed by atoms with van der Waals surface area (Å²) in [6.45, 7) is 0.546. The number of hydrazine groups is 1. The van der Waals surface area contributed by atoms with Gasteiger partial charge in [0.05, 0.1) is 18.1 Å². The topological polar surface area (TPSA) is 81.7 Å². The van der Waals surface area contributed by atoms with Crippen LogP contribution in [-0.2, 0) is 6.54 Å². The normalized spacial score (nSPS) is 10.8. The zero-order valence-electron chi connectivity index (χ0n) is 9.92. The third-order valence-electron chi connectivity index (χ3n) is 2.85. The van der Waals surface area contributed by atoms with Crippen LogP contribution in [0.25, 0.3) is 11.0 Å². The van der Waals surface area contributed by atoms with E-state index in [1.54, 1.807) is 10.9 Å². The summed E-state index contributed by atoms with van der Waals surface area (Å²) in [5.41, 5.74) is 4.22. The van der Waals surface area contributed by atoms with E-state index in [0.29, 0.717) is 23.0 Å². The van der Waals surface area contributed by atoms with E-state index < -0.39 is 0 Å². The summed E-state index contributed by atoms with van der Waals surface area (Å²) in [5.74, 6) is 5.95. The zero-order valence-corrected chi connectivity index (χ0v) is 10.7. The lowest BCUT2D eigenvalue weighted by Gasteiger charge is -2.05. The Morgan fingerprint density at radius 2 is 2.11 bits per heavy atom. The van der Waals surface area contributed by atoms with Crippen molar-refractivity contribution in [3.63, 3.8) is 0 Å². The highest BCUT2D eigenvalue weighted by atomic mass is 35.5. The first-order chi connectivity index (χ1) is 9.29. The van der Waals surface area contributed by atoms with Gasteiger partial charge in [-0.2, -0.15) is 5.10 Å². The van der Waals surface area contributed by atoms with Crippen molar-refractivity contribution < 1.29 is 0 Å². The number of benzene rings is 1. The maximum atomic E-state index is 6.14. The number of hydrogen-bond donors (Lipinski definition) is 2. The molecule has 2 aromatic heterocycles. The van der Waals surface area contributed by atoms with Gasteiger partial charge in [-0.05, 0) is 11.6 Å². The number of aromatic nitrogens is 4. The van der Waals surface area contributed by atoms with Crippen molar-refractivity contribution in [1.82, 2.24) is 19.7 Å². The summed E-state index contributed by atoms with van der Waals surface area (Å²) in [7, 11) is 0. The molecule has 3 N–H and O–H groups in total. The lowest BCUT2D eigenvalue weighted by atomic mass is 10.2. The fourth-order valence-corrected chi connectivity index (χ4v) is 2.11. The molecule has 6 nitrogen and oxygen atoms in total. The average molecular weight is 275 g/mol. The molecule has 0 unspecified atom stereocenters. The minimum atomic E-state index is 0.546. The molecular formula is C12H11ClN6. The molecule has 3 aromatic rings. The second kappa shape index (κ2) is 4.83. The highest BCUT2D eigenvalue weighted by Crippen LogP contribution is 2.21. The molecule has 96 valence electrons. The third kappa shape index (κ3) is 2.11. The molecule has 0 bridgehead atoms. The number of rotatable bonds is 3. The molecule has 0 aliphatic heterocycles. The molecule has 0 atom stereocenters. The van der Waals surface area contributed by atoms with Crippen molar-refractivity contribution in [2.24, 2.45) is 5.84 Å². The van der Waals surface area contributed by atoms with Crippen LogP contribution >= 0.6 is 11.6 Å². The smallest absolute Gasteiger partial charge is 0.163 e. The summed E-state index contributed by atoms with van der Waals surface area (Å²) in [5, 5.41) is 5.78. The Morgan fingerprint density at radius 3 is 2.89 bits per heavy atom. The largest absolute Gasteiger partial charge is 0.308 e. The molecule has 2 heterocycles. The standard InChI is InChI=1S/C12H11ClN6/c13-10-4-2-1-3-8(10)6-19-12-9(5-17-19)11(18-14)15-7-16-12/h1-5,7H,6,14H2,(H,15,16,18). The van der Waals surface area contributed by atoms with E-state index >= 15 is 0 Å². The van der Waals surface area contributed by atoms with Crippen LogP contribution in [0.1, 0.15) is 5.56 Å². The molecule has 1 aromatic carbocycles. The first-order valence-electron chi connectivity index (χ1n) is 5.66. The van der Waals surface area contributed by atoms with E-state index in [0.717, 1.165) is 10.9 Å². The first kappa shape index (κ1) is 11.9. The van der Waals surface area contributed by atoms with Gasteiger partial charge in [-0.3, -0.25) is 0 Å². The van der Waals surface area contributed by atoms with Crippen molar-refractivity contribution in [2.75, 3.05) is 5.43 Å². The molecule has 19 heavy (non-hydrogen) atoms. The van der Waals surface area contributed by atoms with Gasteiger partial charge in [-0.15, -0.1) is 0 Å². The second-order valence-electron chi connectivity index (χ2n) is 4.00. The molecule has 0 spiro atoms. The van der Waals surface area contributed by atoms with Gasteiger partial charge in [0.1, 0.15) is 6.33 Å². The van der Waals surface area contributed by atoms with E-state index in [9.17, 15) is 0 Å². The first-order valence-corrected chi connectivity index (χ1v) is 6.04. The number of anilines is 1. The Balaban J connectivity index is 2.05. The van der Waals surface area contributed by atoms with Gasteiger partial charge in [0, 0.05) is 5.02 Å². The SMILES string of the molecule is NNc1ncnc2c1cnn2Cc1ccccc1Cl. The fraction of sp³-hybridized carbons (Fsp3) is 0.0833. The Hall–Kier alpha value is -2.18. The van der Waals surface area contributed by atoms with Crippen molar-refractivity contribution in [2.45, 2.75) is 6.54 Å². The van der Waals surface area contributed by atoms with Crippen LogP contribution in [0.5, 0.6) is 0 Å². The molecule has 0 saturated carbocycles. The number of fused-ring (bicyclic) bond motifs is 1. The van der Waals surface area contributed by atoms with Gasteiger partial charge in [-0.1, -0.05) is 29.8 Å². The molecule has 0 amide bonds. The van der Waals surface area contributed by atoms with E-state index in [1.807, 2.05) is 24.3 Å². The van der Waals surface area contributed by atoms with E-state index in [2.05, 4.69) is 20.5 Å².